The fraction of sp³-hybridized carbons (Fsp3) is 0.312. The van der Waals surface area contributed by atoms with E-state index in [1.807, 2.05) is 12.3 Å². The van der Waals surface area contributed by atoms with E-state index in [1.165, 1.54) is 16.7 Å². The van der Waals surface area contributed by atoms with Gasteiger partial charge in [0.05, 0.1) is 5.69 Å². The van der Waals surface area contributed by atoms with Gasteiger partial charge >= 0.3 is 0 Å². The molecule has 0 radical (unpaired) electrons. The molecule has 0 aliphatic carbocycles. The van der Waals surface area contributed by atoms with Crippen LogP contribution in [0, 0.1) is 13.8 Å². The van der Waals surface area contributed by atoms with Crippen LogP contribution in [0.4, 0.5) is 0 Å². The third kappa shape index (κ3) is 2.44. The van der Waals surface area contributed by atoms with Crippen molar-refractivity contribution in [3.63, 3.8) is 0 Å². The number of nitrogens with two attached hydrogens (primary N) is 1. The van der Waals surface area contributed by atoms with E-state index in [9.17, 15) is 0 Å². The monoisotopic (exact) mass is 240 g/mol. The summed E-state index contributed by atoms with van der Waals surface area (Å²) in [6.07, 6.45) is 2.82. The topological polar surface area (TPSA) is 38.9 Å². The predicted molar refractivity (Wildman–Crippen MR) is 76.4 cm³/mol. The molecule has 1 unspecified atom stereocenters. The summed E-state index contributed by atoms with van der Waals surface area (Å²) in [6, 6.07) is 10.6. The smallest absolute Gasteiger partial charge is 0.0733 e. The summed E-state index contributed by atoms with van der Waals surface area (Å²) in [5.41, 5.74) is 11.9. The molecule has 0 spiro atoms. The van der Waals surface area contributed by atoms with Gasteiger partial charge in [-0.05, 0) is 43.0 Å². The minimum Gasteiger partial charge on any atom is -0.324 e. The first kappa shape index (κ1) is 12.8. The largest absolute Gasteiger partial charge is 0.324 e. The van der Waals surface area contributed by atoms with Gasteiger partial charge in [-0.3, -0.25) is 4.98 Å². The predicted octanol–water partition coefficient (Wildman–Crippen LogP) is 3.78. The number of hydrogen-bond donors (Lipinski definition) is 1. The molecular weight excluding hydrogens is 220 g/mol. The average molecular weight is 240 g/mol. The number of nitrogens with zero attached hydrogens (tertiary/aromatic N) is 1. The molecule has 1 heterocycles. The Morgan fingerprint density at radius 1 is 1.11 bits per heavy atom. The van der Waals surface area contributed by atoms with Crippen LogP contribution in [0.15, 0.2) is 36.5 Å². The second-order valence-corrected chi connectivity index (χ2v) is 4.74. The lowest BCUT2D eigenvalue weighted by Crippen LogP contribution is -2.08. The number of benzene rings is 1. The zero-order valence-corrected chi connectivity index (χ0v) is 11.3. The number of aryl methyl sites for hydroxylation is 1. The van der Waals surface area contributed by atoms with Gasteiger partial charge in [0.25, 0.3) is 0 Å². The van der Waals surface area contributed by atoms with E-state index in [-0.39, 0.29) is 6.04 Å². The minimum atomic E-state index is 0.130. The maximum Gasteiger partial charge on any atom is 0.0733 e. The lowest BCUT2D eigenvalue weighted by Gasteiger charge is -2.11. The Balaban J connectivity index is 2.37. The van der Waals surface area contributed by atoms with Gasteiger partial charge in [-0.2, -0.15) is 0 Å². The Morgan fingerprint density at radius 2 is 1.78 bits per heavy atom. The Morgan fingerprint density at radius 3 is 2.39 bits per heavy atom. The molecule has 0 aliphatic rings. The van der Waals surface area contributed by atoms with E-state index in [2.05, 4.69) is 50.0 Å². The maximum atomic E-state index is 6.02. The fourth-order valence-corrected chi connectivity index (χ4v) is 2.05. The van der Waals surface area contributed by atoms with E-state index in [0.717, 1.165) is 17.7 Å². The second-order valence-electron chi connectivity index (χ2n) is 4.74. The van der Waals surface area contributed by atoms with Crippen LogP contribution in [0.5, 0.6) is 0 Å². The van der Waals surface area contributed by atoms with Gasteiger partial charge in [0.15, 0.2) is 0 Å². The highest BCUT2D eigenvalue weighted by atomic mass is 14.7. The summed E-state index contributed by atoms with van der Waals surface area (Å²) in [7, 11) is 0. The molecule has 0 saturated heterocycles. The Hall–Kier alpha value is -1.67. The molecule has 0 amide bonds. The molecule has 1 aromatic heterocycles. The molecule has 0 fully saturated rings. The maximum absolute atomic E-state index is 6.02. The van der Waals surface area contributed by atoms with Gasteiger partial charge < -0.3 is 5.73 Å². The Labute approximate surface area is 109 Å². The van der Waals surface area contributed by atoms with E-state index < -0.39 is 0 Å². The van der Waals surface area contributed by atoms with Crippen molar-refractivity contribution in [3.8, 4) is 11.3 Å². The molecule has 1 atom stereocenters. The molecule has 2 aromatic rings. The van der Waals surface area contributed by atoms with Crippen LogP contribution < -0.4 is 5.73 Å². The summed E-state index contributed by atoms with van der Waals surface area (Å²) in [6.45, 7) is 6.33. The first-order chi connectivity index (χ1) is 8.63. The van der Waals surface area contributed by atoms with Crippen LogP contribution in [0.1, 0.15) is 36.1 Å². The van der Waals surface area contributed by atoms with Crippen molar-refractivity contribution in [2.45, 2.75) is 33.2 Å². The summed E-state index contributed by atoms with van der Waals surface area (Å²) in [5.74, 6) is 0. The number of pyridine rings is 1. The normalized spacial score (nSPS) is 12.4. The van der Waals surface area contributed by atoms with Gasteiger partial charge in [-0.25, -0.2) is 0 Å². The van der Waals surface area contributed by atoms with E-state index in [4.69, 9.17) is 5.73 Å². The molecule has 18 heavy (non-hydrogen) atoms. The van der Waals surface area contributed by atoms with Crippen molar-refractivity contribution < 1.29 is 0 Å². The molecule has 0 aliphatic heterocycles. The Kier molecular flexibility index (Phi) is 3.78. The van der Waals surface area contributed by atoms with Crippen LogP contribution in [-0.2, 0) is 0 Å². The standard InChI is InChI=1S/C16H20N2/c1-4-15(17)13-5-7-14(8-6-13)16-12(3)11(2)9-10-18-16/h5-10,15H,4,17H2,1-3H3. The molecule has 94 valence electrons. The molecular formula is C16H20N2. The molecule has 2 rings (SSSR count). The third-order valence-corrected chi connectivity index (χ3v) is 3.53. The average Bonchev–Trinajstić information content (AvgIpc) is 2.41. The van der Waals surface area contributed by atoms with Gasteiger partial charge in [-0.1, -0.05) is 31.2 Å². The van der Waals surface area contributed by atoms with Crippen LogP contribution in [0.3, 0.4) is 0 Å². The zero-order chi connectivity index (χ0) is 13.1. The van der Waals surface area contributed by atoms with Crippen molar-refractivity contribution in [2.24, 2.45) is 5.73 Å². The van der Waals surface area contributed by atoms with Crippen LogP contribution >= 0.6 is 0 Å². The van der Waals surface area contributed by atoms with Crippen LogP contribution in [0.2, 0.25) is 0 Å². The lowest BCUT2D eigenvalue weighted by atomic mass is 9.99. The highest BCUT2D eigenvalue weighted by molar-refractivity contribution is 5.64. The SMILES string of the molecule is CCC(N)c1ccc(-c2nccc(C)c2C)cc1. The summed E-state index contributed by atoms with van der Waals surface area (Å²) in [5, 5.41) is 0. The zero-order valence-electron chi connectivity index (χ0n) is 11.3. The number of rotatable bonds is 3. The van der Waals surface area contributed by atoms with E-state index in [1.54, 1.807) is 0 Å². The first-order valence-corrected chi connectivity index (χ1v) is 6.41. The Bertz CT molecular complexity index is 529. The third-order valence-electron chi connectivity index (χ3n) is 3.53. The van der Waals surface area contributed by atoms with E-state index in [0.29, 0.717) is 0 Å². The van der Waals surface area contributed by atoms with Crippen molar-refractivity contribution in [2.75, 3.05) is 0 Å². The van der Waals surface area contributed by atoms with Gasteiger partial charge in [0.2, 0.25) is 0 Å². The number of hydrogen-bond acceptors (Lipinski definition) is 2. The molecule has 2 heteroatoms. The summed E-state index contributed by atoms with van der Waals surface area (Å²) in [4.78, 5) is 4.47. The van der Waals surface area contributed by atoms with Gasteiger partial charge in [-0.15, -0.1) is 0 Å². The second kappa shape index (κ2) is 5.32. The number of aromatic nitrogens is 1. The van der Waals surface area contributed by atoms with Crippen molar-refractivity contribution in [3.05, 3.63) is 53.2 Å². The fourth-order valence-electron chi connectivity index (χ4n) is 2.05. The minimum absolute atomic E-state index is 0.130. The quantitative estimate of drug-likeness (QED) is 0.886. The highest BCUT2D eigenvalue weighted by Crippen LogP contribution is 2.24. The van der Waals surface area contributed by atoms with Gasteiger partial charge in [0.1, 0.15) is 0 Å². The first-order valence-electron chi connectivity index (χ1n) is 6.41. The van der Waals surface area contributed by atoms with E-state index >= 15 is 0 Å². The molecule has 0 saturated carbocycles. The molecule has 2 N–H and O–H groups in total. The molecule has 0 bridgehead atoms. The summed E-state index contributed by atoms with van der Waals surface area (Å²) < 4.78 is 0. The highest BCUT2D eigenvalue weighted by Gasteiger charge is 2.07. The van der Waals surface area contributed by atoms with Crippen molar-refractivity contribution in [1.29, 1.82) is 0 Å². The lowest BCUT2D eigenvalue weighted by molar-refractivity contribution is 0.699. The van der Waals surface area contributed by atoms with Crippen molar-refractivity contribution >= 4 is 0 Å². The summed E-state index contributed by atoms with van der Waals surface area (Å²) >= 11 is 0. The molecule has 2 nitrogen and oxygen atoms in total. The van der Waals surface area contributed by atoms with Crippen molar-refractivity contribution in [1.82, 2.24) is 4.98 Å². The van der Waals surface area contributed by atoms with Gasteiger partial charge in [0, 0.05) is 17.8 Å². The van der Waals surface area contributed by atoms with Crippen LogP contribution in [0.25, 0.3) is 11.3 Å². The van der Waals surface area contributed by atoms with Crippen LogP contribution in [-0.4, -0.2) is 4.98 Å². The molecule has 1 aromatic carbocycles.